The van der Waals surface area contributed by atoms with E-state index in [0.29, 0.717) is 6.07 Å². The molecule has 0 fully saturated rings. The molecule has 0 unspecified atom stereocenters. The molecule has 8 heteroatoms. The number of benzene rings is 1. The average molecular weight is 287 g/mol. The van der Waals surface area contributed by atoms with Gasteiger partial charge in [-0.05, 0) is 12.1 Å². The van der Waals surface area contributed by atoms with E-state index in [1.165, 1.54) is 0 Å². The van der Waals surface area contributed by atoms with Crippen LogP contribution in [0.1, 0.15) is 5.56 Å². The van der Waals surface area contributed by atoms with Crippen molar-refractivity contribution < 1.29 is 27.6 Å². The molecule has 1 rings (SSSR count). The lowest BCUT2D eigenvalue weighted by atomic mass is 9.76. The molecule has 82 valence electrons. The fraction of sp³-hybridized carbons (Fsp3) is 0.143. The molecule has 15 heavy (non-hydrogen) atoms. The Morgan fingerprint density at radius 1 is 1.20 bits per heavy atom. The lowest BCUT2D eigenvalue weighted by molar-refractivity contribution is -0.137. The number of halogens is 5. The lowest BCUT2D eigenvalue weighted by Gasteiger charge is -2.13. The van der Waals surface area contributed by atoms with Crippen LogP contribution in [-0.2, 0) is 6.18 Å². The molecule has 0 aliphatic heterocycles. The van der Waals surface area contributed by atoms with Gasteiger partial charge in [0.2, 0.25) is 0 Å². The second-order valence-corrected chi connectivity index (χ2v) is 3.64. The third-order valence-corrected chi connectivity index (χ3v) is 2.12. The van der Waals surface area contributed by atoms with Crippen molar-refractivity contribution in [3.05, 3.63) is 28.0 Å². The van der Waals surface area contributed by atoms with Crippen LogP contribution in [0.15, 0.2) is 16.6 Å². The molecule has 0 heterocycles. The van der Waals surface area contributed by atoms with Crippen molar-refractivity contribution in [3.63, 3.8) is 0 Å². The van der Waals surface area contributed by atoms with Crippen molar-refractivity contribution in [1.29, 1.82) is 0 Å². The molecule has 0 saturated heterocycles. The summed E-state index contributed by atoms with van der Waals surface area (Å²) < 4.78 is 50.0. The molecular weight excluding hydrogens is 283 g/mol. The van der Waals surface area contributed by atoms with Crippen LogP contribution in [0.4, 0.5) is 17.6 Å². The Morgan fingerprint density at radius 2 is 1.73 bits per heavy atom. The molecule has 0 amide bonds. The molecule has 0 bridgehead atoms. The number of hydrogen-bond donors (Lipinski definition) is 2. The smallest absolute Gasteiger partial charge is 0.423 e. The van der Waals surface area contributed by atoms with Crippen LogP contribution in [0.3, 0.4) is 0 Å². The predicted molar refractivity (Wildman–Crippen MR) is 48.9 cm³/mol. The van der Waals surface area contributed by atoms with Gasteiger partial charge >= 0.3 is 13.3 Å². The van der Waals surface area contributed by atoms with Gasteiger partial charge in [-0.15, -0.1) is 0 Å². The second kappa shape index (κ2) is 4.11. The van der Waals surface area contributed by atoms with E-state index >= 15 is 0 Å². The summed E-state index contributed by atoms with van der Waals surface area (Å²) in [6.45, 7) is 0. The molecule has 1 aromatic rings. The molecule has 0 atom stereocenters. The van der Waals surface area contributed by atoms with Gasteiger partial charge in [0.25, 0.3) is 0 Å². The van der Waals surface area contributed by atoms with Crippen molar-refractivity contribution in [2.24, 2.45) is 0 Å². The van der Waals surface area contributed by atoms with Gasteiger partial charge in [-0.25, -0.2) is 4.39 Å². The van der Waals surface area contributed by atoms with Gasteiger partial charge < -0.3 is 10.0 Å². The second-order valence-electron chi connectivity index (χ2n) is 2.72. The fourth-order valence-corrected chi connectivity index (χ4v) is 1.51. The maximum atomic E-state index is 13.0. The van der Waals surface area contributed by atoms with Crippen LogP contribution in [0.5, 0.6) is 0 Å². The van der Waals surface area contributed by atoms with Gasteiger partial charge in [0, 0.05) is 9.94 Å². The highest BCUT2D eigenvalue weighted by molar-refractivity contribution is 9.10. The molecule has 0 spiro atoms. The number of rotatable bonds is 1. The van der Waals surface area contributed by atoms with Crippen molar-refractivity contribution in [3.8, 4) is 0 Å². The molecule has 2 nitrogen and oxygen atoms in total. The molecule has 1 aromatic carbocycles. The Balaban J connectivity index is 3.47. The Labute approximate surface area is 90.8 Å². The Morgan fingerprint density at radius 3 is 2.13 bits per heavy atom. The van der Waals surface area contributed by atoms with E-state index < -0.39 is 30.1 Å². The zero-order chi connectivity index (χ0) is 11.8. The summed E-state index contributed by atoms with van der Waals surface area (Å²) in [6.07, 6.45) is -4.84. The first kappa shape index (κ1) is 12.5. The lowest BCUT2D eigenvalue weighted by Crippen LogP contribution is -2.38. The van der Waals surface area contributed by atoms with Gasteiger partial charge in [-0.3, -0.25) is 0 Å². The van der Waals surface area contributed by atoms with Gasteiger partial charge in [0.1, 0.15) is 5.82 Å². The normalized spacial score (nSPS) is 11.7. The Hall–Kier alpha value is -0.595. The van der Waals surface area contributed by atoms with Crippen molar-refractivity contribution in [2.75, 3.05) is 0 Å². The molecule has 0 aliphatic rings. The van der Waals surface area contributed by atoms with Gasteiger partial charge in [0.15, 0.2) is 0 Å². The summed E-state index contributed by atoms with van der Waals surface area (Å²) in [6, 6.07) is 1.31. The van der Waals surface area contributed by atoms with Gasteiger partial charge in [-0.1, -0.05) is 15.9 Å². The standard InChI is InChI=1S/C7H4BBrF4O2/c9-3-1-4(7(11,12)13)6(8(14)15)5(10)2-3/h1-2,14-15H. The van der Waals surface area contributed by atoms with E-state index in [1.807, 2.05) is 0 Å². The quantitative estimate of drug-likeness (QED) is 0.603. The summed E-state index contributed by atoms with van der Waals surface area (Å²) in [5, 5.41) is 17.3. The minimum absolute atomic E-state index is 0.128. The first-order valence-electron chi connectivity index (χ1n) is 3.65. The van der Waals surface area contributed by atoms with Gasteiger partial charge in [0.05, 0.1) is 5.56 Å². The van der Waals surface area contributed by atoms with E-state index in [9.17, 15) is 17.6 Å². The maximum absolute atomic E-state index is 13.0. The molecule has 0 saturated carbocycles. The zero-order valence-electron chi connectivity index (χ0n) is 7.02. The van der Waals surface area contributed by atoms with Crippen LogP contribution >= 0.6 is 15.9 Å². The first-order valence-corrected chi connectivity index (χ1v) is 4.45. The van der Waals surface area contributed by atoms with E-state index in [-0.39, 0.29) is 4.47 Å². The Kier molecular flexibility index (Phi) is 3.42. The van der Waals surface area contributed by atoms with E-state index in [0.717, 1.165) is 6.07 Å². The summed E-state index contributed by atoms with van der Waals surface area (Å²) in [7, 11) is -2.50. The highest BCUT2D eigenvalue weighted by Gasteiger charge is 2.38. The third-order valence-electron chi connectivity index (χ3n) is 1.66. The van der Waals surface area contributed by atoms with Crippen LogP contribution in [-0.4, -0.2) is 17.2 Å². The molecule has 0 radical (unpaired) electrons. The minimum Gasteiger partial charge on any atom is -0.423 e. The highest BCUT2D eigenvalue weighted by Crippen LogP contribution is 2.30. The summed E-state index contributed by atoms with van der Waals surface area (Å²) in [4.78, 5) is 0. The van der Waals surface area contributed by atoms with Crippen molar-refractivity contribution >= 4 is 28.5 Å². The summed E-state index contributed by atoms with van der Waals surface area (Å²) in [5.74, 6) is -1.33. The summed E-state index contributed by atoms with van der Waals surface area (Å²) >= 11 is 2.69. The number of alkyl halides is 3. The molecule has 0 aliphatic carbocycles. The predicted octanol–water partition coefficient (Wildman–Crippen LogP) is 1.29. The van der Waals surface area contributed by atoms with Crippen molar-refractivity contribution in [2.45, 2.75) is 6.18 Å². The third kappa shape index (κ3) is 2.70. The monoisotopic (exact) mass is 286 g/mol. The Bertz CT molecular complexity index is 380. The minimum atomic E-state index is -4.84. The zero-order valence-corrected chi connectivity index (χ0v) is 8.60. The van der Waals surface area contributed by atoms with Crippen LogP contribution in [0.25, 0.3) is 0 Å². The van der Waals surface area contributed by atoms with Crippen molar-refractivity contribution in [1.82, 2.24) is 0 Å². The van der Waals surface area contributed by atoms with Gasteiger partial charge in [-0.2, -0.15) is 13.2 Å². The molecule has 0 aromatic heterocycles. The molecule has 2 N–H and O–H groups in total. The number of hydrogen-bond acceptors (Lipinski definition) is 2. The van der Waals surface area contributed by atoms with E-state index in [1.54, 1.807) is 0 Å². The fourth-order valence-electron chi connectivity index (χ4n) is 1.08. The topological polar surface area (TPSA) is 40.5 Å². The first-order chi connectivity index (χ1) is 6.73. The maximum Gasteiger partial charge on any atom is 0.492 e. The summed E-state index contributed by atoms with van der Waals surface area (Å²) in [5.41, 5.74) is -2.59. The SMILES string of the molecule is OB(O)c1c(F)cc(Br)cc1C(F)(F)F. The average Bonchev–Trinajstić information content (AvgIpc) is 1.99. The molecular formula is C7H4BBrF4O2. The largest absolute Gasteiger partial charge is 0.492 e. The van der Waals surface area contributed by atoms with E-state index in [4.69, 9.17) is 10.0 Å². The van der Waals surface area contributed by atoms with Crippen LogP contribution < -0.4 is 5.46 Å². The van der Waals surface area contributed by atoms with Crippen LogP contribution in [0.2, 0.25) is 0 Å². The highest BCUT2D eigenvalue weighted by atomic mass is 79.9. The van der Waals surface area contributed by atoms with E-state index in [2.05, 4.69) is 15.9 Å². The van der Waals surface area contributed by atoms with Crippen LogP contribution in [0, 0.1) is 5.82 Å².